The van der Waals surface area contributed by atoms with E-state index in [9.17, 15) is 0 Å². The molecule has 2 aromatic rings. The number of fused-ring (bicyclic) bond motifs is 2. The van der Waals surface area contributed by atoms with Crippen LogP contribution >= 0.6 is 94.1 Å². The van der Waals surface area contributed by atoms with Gasteiger partial charge in [-0.3, -0.25) is 0 Å². The maximum Gasteiger partial charge on any atom is 0.0717 e. The Bertz CT molecular complexity index is 978. The Morgan fingerprint density at radius 2 is 0.903 bits per heavy atom. The molecule has 8 bridgehead atoms. The lowest BCUT2D eigenvalue weighted by Crippen LogP contribution is -1.90. The monoisotopic (exact) mass is 552 g/mol. The summed E-state index contributed by atoms with van der Waals surface area (Å²) in [4.78, 5) is 0. The van der Waals surface area contributed by atoms with Crippen LogP contribution in [0.2, 0.25) is 0 Å². The zero-order chi connectivity index (χ0) is 21.2. The molecular formula is C23H20S8. The summed E-state index contributed by atoms with van der Waals surface area (Å²) in [6, 6.07) is 18.4. The molecule has 0 aliphatic carbocycles. The summed E-state index contributed by atoms with van der Waals surface area (Å²) in [6.07, 6.45) is 5.41. The molecule has 5 aliphatic rings. The van der Waals surface area contributed by atoms with Crippen LogP contribution < -0.4 is 0 Å². The van der Waals surface area contributed by atoms with Crippen molar-refractivity contribution in [3.05, 3.63) is 96.2 Å². The van der Waals surface area contributed by atoms with Crippen LogP contribution in [0, 0.1) is 0 Å². The molecule has 0 radical (unpaired) electrons. The molecule has 7 rings (SSSR count). The number of thioether (sulfide) groups is 8. The quantitative estimate of drug-likeness (QED) is 0.356. The first-order valence-electron chi connectivity index (χ1n) is 9.65. The predicted molar refractivity (Wildman–Crippen MR) is 157 cm³/mol. The van der Waals surface area contributed by atoms with E-state index in [1.54, 1.807) is 0 Å². The van der Waals surface area contributed by atoms with E-state index in [0.29, 0.717) is 0 Å². The van der Waals surface area contributed by atoms with Crippen molar-refractivity contribution in [1.82, 2.24) is 0 Å². The molecule has 0 nitrogen and oxygen atoms in total. The molecule has 0 N–H and O–H groups in total. The molecule has 0 atom stereocenters. The van der Waals surface area contributed by atoms with Gasteiger partial charge in [0.2, 0.25) is 0 Å². The maximum absolute atomic E-state index is 2.30. The highest BCUT2D eigenvalue weighted by molar-refractivity contribution is 8.44. The number of hydrogen-bond donors (Lipinski definition) is 0. The van der Waals surface area contributed by atoms with Crippen molar-refractivity contribution in [2.75, 3.05) is 12.5 Å². The van der Waals surface area contributed by atoms with Gasteiger partial charge in [0.25, 0.3) is 0 Å². The van der Waals surface area contributed by atoms with Crippen molar-refractivity contribution in [1.29, 1.82) is 0 Å². The van der Waals surface area contributed by atoms with E-state index in [1.807, 2.05) is 94.1 Å². The summed E-state index contributed by atoms with van der Waals surface area (Å²) in [5.41, 5.74) is 5.57. The van der Waals surface area contributed by atoms with E-state index < -0.39 is 0 Å². The lowest BCUT2D eigenvalue weighted by Gasteiger charge is -2.07. The van der Waals surface area contributed by atoms with Crippen molar-refractivity contribution in [3.8, 4) is 0 Å². The van der Waals surface area contributed by atoms with Gasteiger partial charge in [-0.15, -0.1) is 47.0 Å². The van der Waals surface area contributed by atoms with Gasteiger partial charge in [0.15, 0.2) is 0 Å². The predicted octanol–water partition coefficient (Wildman–Crippen LogP) is 9.82. The van der Waals surface area contributed by atoms with Gasteiger partial charge in [-0.1, -0.05) is 95.6 Å². The molecular weight excluding hydrogens is 533 g/mol. The summed E-state index contributed by atoms with van der Waals surface area (Å²) in [7, 11) is 0. The first-order chi connectivity index (χ1) is 15.2. The standard InChI is InChI=1S/C23H20S8/c1-24-18-20-26-12-16-7-3-14(4-8-16)11-15-5-9-17(10-6-15)13-27-21-19(25-2)29-23(31-21)22(28-18)30-20/h3-10H,11-13H2,1-2H3/b23-22-. The van der Waals surface area contributed by atoms with Crippen LogP contribution in [0.4, 0.5) is 0 Å². The number of hydrogen-bond acceptors (Lipinski definition) is 8. The lowest BCUT2D eigenvalue weighted by atomic mass is 10.0. The van der Waals surface area contributed by atoms with Crippen LogP contribution in [0.1, 0.15) is 22.3 Å². The fraction of sp³-hybridized carbons (Fsp3) is 0.217. The minimum atomic E-state index is 1.00. The molecule has 0 saturated carbocycles. The van der Waals surface area contributed by atoms with Gasteiger partial charge >= 0.3 is 0 Å². The van der Waals surface area contributed by atoms with E-state index in [2.05, 4.69) is 61.0 Å². The van der Waals surface area contributed by atoms with Crippen LogP contribution in [-0.4, -0.2) is 12.5 Å². The van der Waals surface area contributed by atoms with Gasteiger partial charge < -0.3 is 0 Å². The van der Waals surface area contributed by atoms with E-state index >= 15 is 0 Å². The van der Waals surface area contributed by atoms with E-state index in [0.717, 1.165) is 17.9 Å². The van der Waals surface area contributed by atoms with Crippen LogP contribution in [0.25, 0.3) is 0 Å². The average Bonchev–Trinajstić information content (AvgIpc) is 3.41. The Morgan fingerprint density at radius 3 is 1.29 bits per heavy atom. The Kier molecular flexibility index (Phi) is 8.09. The second-order valence-electron chi connectivity index (χ2n) is 6.93. The van der Waals surface area contributed by atoms with Crippen LogP contribution in [-0.2, 0) is 17.9 Å². The van der Waals surface area contributed by atoms with Crippen molar-refractivity contribution in [2.45, 2.75) is 17.9 Å². The summed E-state index contributed by atoms with van der Waals surface area (Å²) in [5.74, 6) is 2.06. The summed E-state index contributed by atoms with van der Waals surface area (Å²) in [6.45, 7) is 0. The van der Waals surface area contributed by atoms with Gasteiger partial charge in [0, 0.05) is 11.5 Å². The molecule has 0 amide bonds. The van der Waals surface area contributed by atoms with E-state index in [-0.39, 0.29) is 0 Å². The van der Waals surface area contributed by atoms with Gasteiger partial charge in [-0.25, -0.2) is 0 Å². The third-order valence-electron chi connectivity index (χ3n) is 4.81. The van der Waals surface area contributed by atoms with Crippen molar-refractivity contribution in [2.24, 2.45) is 0 Å². The van der Waals surface area contributed by atoms with Crippen LogP contribution in [0.5, 0.6) is 0 Å². The van der Waals surface area contributed by atoms with Gasteiger partial charge in [0.1, 0.15) is 0 Å². The molecule has 0 saturated heterocycles. The van der Waals surface area contributed by atoms with Gasteiger partial charge in [-0.2, -0.15) is 0 Å². The Morgan fingerprint density at radius 1 is 0.516 bits per heavy atom. The molecule has 5 aliphatic heterocycles. The second-order valence-corrected chi connectivity index (χ2v) is 16.2. The van der Waals surface area contributed by atoms with Gasteiger partial charge in [0.05, 0.1) is 25.4 Å². The molecule has 0 aromatic heterocycles. The number of rotatable bonds is 2. The summed E-state index contributed by atoms with van der Waals surface area (Å²) in [5, 5.41) is 0. The van der Waals surface area contributed by atoms with Gasteiger partial charge in [-0.05, 0) is 41.2 Å². The van der Waals surface area contributed by atoms with Crippen molar-refractivity contribution in [3.63, 3.8) is 0 Å². The Labute approximate surface area is 218 Å². The van der Waals surface area contributed by atoms with Crippen molar-refractivity contribution >= 4 is 94.1 Å². The normalized spacial score (nSPS) is 21.6. The zero-order valence-corrected chi connectivity index (χ0v) is 23.5. The minimum Gasteiger partial charge on any atom is -0.121 e. The van der Waals surface area contributed by atoms with E-state index in [1.165, 1.54) is 47.7 Å². The second kappa shape index (κ2) is 10.8. The first kappa shape index (κ1) is 23.2. The highest BCUT2D eigenvalue weighted by Crippen LogP contribution is 2.66. The third kappa shape index (κ3) is 5.59. The molecule has 160 valence electrons. The zero-order valence-electron chi connectivity index (χ0n) is 17.0. The SMILES string of the molecule is CSC1=C2SCc3ccc(cc3)Cc3ccc(cc3)CSC3=C(SC)S/C(=C(\S1)S2)S3. The van der Waals surface area contributed by atoms with E-state index in [4.69, 9.17) is 0 Å². The molecule has 31 heavy (non-hydrogen) atoms. The molecule has 2 aromatic carbocycles. The van der Waals surface area contributed by atoms with Crippen molar-refractivity contribution < 1.29 is 0 Å². The summed E-state index contributed by atoms with van der Waals surface area (Å²) < 4.78 is 8.76. The molecule has 0 fully saturated rings. The minimum absolute atomic E-state index is 1.00. The fourth-order valence-corrected chi connectivity index (χ4v) is 14.2. The smallest absolute Gasteiger partial charge is 0.0717 e. The third-order valence-corrected chi connectivity index (χ3v) is 16.2. The lowest BCUT2D eigenvalue weighted by molar-refractivity contribution is 1.18. The summed E-state index contributed by atoms with van der Waals surface area (Å²) >= 11 is 15.6. The molecule has 8 heteroatoms. The average molecular weight is 553 g/mol. The highest BCUT2D eigenvalue weighted by Gasteiger charge is 2.30. The van der Waals surface area contributed by atoms with Crippen LogP contribution in [0.15, 0.2) is 74.0 Å². The number of benzene rings is 2. The van der Waals surface area contributed by atoms with Crippen LogP contribution in [0.3, 0.4) is 0 Å². The molecule has 0 unspecified atom stereocenters. The molecule has 5 heterocycles. The first-order valence-corrected chi connectivity index (χ1v) is 17.3. The largest absolute Gasteiger partial charge is 0.121 e. The Hall–Kier alpha value is 0.460. The highest BCUT2D eigenvalue weighted by atomic mass is 32.3. The Balaban J connectivity index is 1.46. The fourth-order valence-electron chi connectivity index (χ4n) is 3.18. The topological polar surface area (TPSA) is 0 Å². The maximum atomic E-state index is 2.30. The molecule has 0 spiro atoms.